The van der Waals surface area contributed by atoms with E-state index in [4.69, 9.17) is 10.3 Å². The van der Waals surface area contributed by atoms with Crippen LogP contribution < -0.4 is 4.74 Å². The van der Waals surface area contributed by atoms with Crippen LogP contribution in [0.15, 0.2) is 27.8 Å². The summed E-state index contributed by atoms with van der Waals surface area (Å²) in [4.78, 5) is 2.78. The minimum atomic E-state index is -0.183. The second-order valence-corrected chi connectivity index (χ2v) is 3.63. The molecule has 66 valence electrons. The van der Waals surface area contributed by atoms with E-state index in [1.165, 1.54) is 0 Å². The van der Waals surface area contributed by atoms with E-state index in [1.807, 2.05) is 18.2 Å². The molecular formula is C8H6BrN3O. The van der Waals surface area contributed by atoms with Gasteiger partial charge >= 0.3 is 0 Å². The Labute approximate surface area is 83.3 Å². The molecule has 0 radical (unpaired) electrons. The summed E-state index contributed by atoms with van der Waals surface area (Å²) in [6, 6.07) is 5.50. The highest BCUT2D eigenvalue weighted by Gasteiger charge is 2.22. The van der Waals surface area contributed by atoms with E-state index >= 15 is 0 Å². The van der Waals surface area contributed by atoms with Crippen molar-refractivity contribution < 1.29 is 4.74 Å². The molecule has 0 amide bonds. The zero-order valence-electron chi connectivity index (χ0n) is 6.64. The van der Waals surface area contributed by atoms with Crippen LogP contribution in [0.4, 0.5) is 0 Å². The van der Waals surface area contributed by atoms with Crippen LogP contribution in [0.2, 0.25) is 0 Å². The average molecular weight is 240 g/mol. The Balaban J connectivity index is 2.45. The van der Waals surface area contributed by atoms with Crippen LogP contribution in [0.3, 0.4) is 0 Å². The van der Waals surface area contributed by atoms with Crippen LogP contribution in [0.5, 0.6) is 5.75 Å². The lowest BCUT2D eigenvalue weighted by molar-refractivity contribution is 0.333. The molecule has 0 bridgehead atoms. The fourth-order valence-corrected chi connectivity index (χ4v) is 1.71. The summed E-state index contributed by atoms with van der Waals surface area (Å²) in [5.74, 6) is 0.806. The molecule has 0 spiro atoms. The molecule has 1 aliphatic rings. The summed E-state index contributed by atoms with van der Waals surface area (Å²) in [5, 5.41) is 3.64. The van der Waals surface area contributed by atoms with Crippen molar-refractivity contribution in [2.75, 3.05) is 6.61 Å². The standard InChI is InChI=1S/C8H6BrN3O/c9-5-1-2-8-6(3-5)7(4-13-8)11-12-10/h1-3,7H,4H2. The number of ether oxygens (including phenoxy) is 1. The van der Waals surface area contributed by atoms with E-state index in [2.05, 4.69) is 26.0 Å². The number of hydrogen-bond acceptors (Lipinski definition) is 2. The number of hydrogen-bond donors (Lipinski definition) is 0. The van der Waals surface area contributed by atoms with Crippen molar-refractivity contribution >= 4 is 15.9 Å². The van der Waals surface area contributed by atoms with Crippen molar-refractivity contribution in [3.05, 3.63) is 38.7 Å². The first-order valence-corrected chi connectivity index (χ1v) is 4.57. The van der Waals surface area contributed by atoms with Crippen molar-refractivity contribution in [2.45, 2.75) is 6.04 Å². The lowest BCUT2D eigenvalue weighted by Crippen LogP contribution is -1.94. The molecule has 0 N–H and O–H groups in total. The van der Waals surface area contributed by atoms with E-state index in [1.54, 1.807) is 0 Å². The third-order valence-electron chi connectivity index (χ3n) is 1.92. The molecule has 0 aromatic heterocycles. The molecule has 1 aromatic rings. The smallest absolute Gasteiger partial charge is 0.123 e. The molecule has 0 saturated carbocycles. The van der Waals surface area contributed by atoms with E-state index in [0.29, 0.717) is 6.61 Å². The Morgan fingerprint density at radius 1 is 1.62 bits per heavy atom. The van der Waals surface area contributed by atoms with Crippen molar-refractivity contribution in [3.63, 3.8) is 0 Å². The first-order chi connectivity index (χ1) is 6.31. The van der Waals surface area contributed by atoms with Gasteiger partial charge in [0.25, 0.3) is 0 Å². The summed E-state index contributed by atoms with van der Waals surface area (Å²) >= 11 is 3.35. The number of benzene rings is 1. The summed E-state index contributed by atoms with van der Waals surface area (Å²) in [6.45, 7) is 0.440. The molecular weight excluding hydrogens is 234 g/mol. The normalized spacial score (nSPS) is 18.7. The third-order valence-corrected chi connectivity index (χ3v) is 2.41. The fraction of sp³-hybridized carbons (Fsp3) is 0.250. The molecule has 13 heavy (non-hydrogen) atoms. The highest BCUT2D eigenvalue weighted by molar-refractivity contribution is 9.10. The summed E-state index contributed by atoms with van der Waals surface area (Å²) in [5.41, 5.74) is 9.26. The molecule has 4 nitrogen and oxygen atoms in total. The first kappa shape index (κ1) is 8.41. The predicted octanol–water partition coefficient (Wildman–Crippen LogP) is 3.19. The number of azide groups is 1. The lowest BCUT2D eigenvalue weighted by atomic mass is 10.1. The number of halogens is 1. The maximum atomic E-state index is 8.31. The van der Waals surface area contributed by atoms with Gasteiger partial charge in [-0.1, -0.05) is 21.0 Å². The van der Waals surface area contributed by atoms with Crippen LogP contribution in [0.1, 0.15) is 11.6 Å². The molecule has 0 saturated heterocycles. The van der Waals surface area contributed by atoms with Crippen molar-refractivity contribution in [3.8, 4) is 5.75 Å². The quantitative estimate of drug-likeness (QED) is 0.422. The molecule has 1 aromatic carbocycles. The van der Waals surface area contributed by atoms with Gasteiger partial charge in [0.1, 0.15) is 18.4 Å². The maximum absolute atomic E-state index is 8.31. The molecule has 5 heteroatoms. The van der Waals surface area contributed by atoms with Crippen LogP contribution in [0, 0.1) is 0 Å². The Bertz CT molecular complexity index is 387. The maximum Gasteiger partial charge on any atom is 0.123 e. The second kappa shape index (κ2) is 3.28. The van der Waals surface area contributed by atoms with E-state index in [-0.39, 0.29) is 6.04 Å². The largest absolute Gasteiger partial charge is 0.493 e. The monoisotopic (exact) mass is 239 g/mol. The highest BCUT2D eigenvalue weighted by Crippen LogP contribution is 2.36. The minimum Gasteiger partial charge on any atom is -0.493 e. The van der Waals surface area contributed by atoms with Crippen molar-refractivity contribution in [1.82, 2.24) is 0 Å². The third kappa shape index (κ3) is 1.48. The van der Waals surface area contributed by atoms with E-state index in [9.17, 15) is 0 Å². The van der Waals surface area contributed by atoms with Gasteiger partial charge in [0.15, 0.2) is 0 Å². The van der Waals surface area contributed by atoms with Gasteiger partial charge in [0, 0.05) is 14.9 Å². The zero-order chi connectivity index (χ0) is 9.26. The van der Waals surface area contributed by atoms with Gasteiger partial charge in [-0.15, -0.1) is 0 Å². The highest BCUT2D eigenvalue weighted by atomic mass is 79.9. The van der Waals surface area contributed by atoms with Gasteiger partial charge in [-0.3, -0.25) is 0 Å². The zero-order valence-corrected chi connectivity index (χ0v) is 8.23. The minimum absolute atomic E-state index is 0.183. The molecule has 1 atom stereocenters. The Hall–Kier alpha value is -1.19. The fourth-order valence-electron chi connectivity index (χ4n) is 1.33. The lowest BCUT2D eigenvalue weighted by Gasteiger charge is -1.99. The number of fused-ring (bicyclic) bond motifs is 1. The van der Waals surface area contributed by atoms with Gasteiger partial charge < -0.3 is 4.74 Å². The SMILES string of the molecule is [N-]=[N+]=NC1COc2ccc(Br)cc21. The Kier molecular flexibility index (Phi) is 2.12. The molecule has 2 rings (SSSR count). The molecule has 1 unspecified atom stereocenters. The number of rotatable bonds is 1. The van der Waals surface area contributed by atoms with Crippen molar-refractivity contribution in [1.29, 1.82) is 0 Å². The summed E-state index contributed by atoms with van der Waals surface area (Å²) in [7, 11) is 0. The number of nitrogens with zero attached hydrogens (tertiary/aromatic N) is 3. The Morgan fingerprint density at radius 2 is 2.46 bits per heavy atom. The van der Waals surface area contributed by atoms with Gasteiger partial charge in [-0.25, -0.2) is 0 Å². The van der Waals surface area contributed by atoms with Gasteiger partial charge in [0.2, 0.25) is 0 Å². The van der Waals surface area contributed by atoms with Crippen LogP contribution in [-0.2, 0) is 0 Å². The van der Waals surface area contributed by atoms with Gasteiger partial charge in [-0.2, -0.15) is 0 Å². The first-order valence-electron chi connectivity index (χ1n) is 3.77. The van der Waals surface area contributed by atoms with Gasteiger partial charge in [0.05, 0.1) is 0 Å². The van der Waals surface area contributed by atoms with Crippen molar-refractivity contribution in [2.24, 2.45) is 5.11 Å². The van der Waals surface area contributed by atoms with Crippen LogP contribution in [-0.4, -0.2) is 6.61 Å². The predicted molar refractivity (Wildman–Crippen MR) is 51.5 cm³/mol. The average Bonchev–Trinajstić information content (AvgIpc) is 2.49. The molecule has 0 fully saturated rings. The van der Waals surface area contributed by atoms with Crippen LogP contribution >= 0.6 is 15.9 Å². The molecule has 0 aliphatic carbocycles. The van der Waals surface area contributed by atoms with Crippen LogP contribution in [0.25, 0.3) is 10.4 Å². The second-order valence-electron chi connectivity index (χ2n) is 2.71. The van der Waals surface area contributed by atoms with E-state index in [0.717, 1.165) is 15.8 Å². The summed E-state index contributed by atoms with van der Waals surface area (Å²) in [6.07, 6.45) is 0. The topological polar surface area (TPSA) is 58.0 Å². The van der Waals surface area contributed by atoms with E-state index < -0.39 is 0 Å². The summed E-state index contributed by atoms with van der Waals surface area (Å²) < 4.78 is 6.30. The molecule has 1 heterocycles. The molecule has 1 aliphatic heterocycles. The Morgan fingerprint density at radius 3 is 3.23 bits per heavy atom. The van der Waals surface area contributed by atoms with Gasteiger partial charge in [-0.05, 0) is 23.7 Å².